The van der Waals surface area contributed by atoms with Gasteiger partial charge < -0.3 is 11.1 Å². The average molecular weight is 246 g/mol. The van der Waals surface area contributed by atoms with Crippen LogP contribution in [0.2, 0.25) is 0 Å². The predicted octanol–water partition coefficient (Wildman–Crippen LogP) is 1.16. The Morgan fingerprint density at radius 1 is 1.39 bits per heavy atom. The van der Waals surface area contributed by atoms with Crippen molar-refractivity contribution < 1.29 is 4.79 Å². The van der Waals surface area contributed by atoms with E-state index in [1.165, 1.54) is 12.4 Å². The molecule has 94 valence electrons. The summed E-state index contributed by atoms with van der Waals surface area (Å²) < 4.78 is 0. The van der Waals surface area contributed by atoms with Crippen molar-refractivity contribution in [1.29, 1.82) is 0 Å². The lowest BCUT2D eigenvalue weighted by atomic mass is 10.1. The summed E-state index contributed by atoms with van der Waals surface area (Å²) in [5.41, 5.74) is 6.60. The summed E-state index contributed by atoms with van der Waals surface area (Å²) in [4.78, 5) is 19.5. The van der Waals surface area contributed by atoms with Crippen molar-refractivity contribution in [3.63, 3.8) is 0 Å². The molecule has 0 aliphatic rings. The van der Waals surface area contributed by atoms with Crippen molar-refractivity contribution in [3.05, 3.63) is 29.8 Å². The Kier molecular flexibility index (Phi) is 3.22. The molecule has 7 heteroatoms. The van der Waals surface area contributed by atoms with Crippen molar-refractivity contribution in [2.75, 3.05) is 11.1 Å². The highest BCUT2D eigenvalue weighted by atomic mass is 16.2. The van der Waals surface area contributed by atoms with Crippen LogP contribution in [0.25, 0.3) is 0 Å². The SMILES string of the molecule is CC(C)c1cc(NC(=O)c2nccnc2N)n[nH]1. The molecule has 18 heavy (non-hydrogen) atoms. The average Bonchev–Trinajstić information content (AvgIpc) is 2.78. The Morgan fingerprint density at radius 2 is 2.11 bits per heavy atom. The van der Waals surface area contributed by atoms with Gasteiger partial charge in [-0.3, -0.25) is 9.89 Å². The Bertz CT molecular complexity index is 562. The van der Waals surface area contributed by atoms with Gasteiger partial charge in [0.2, 0.25) is 0 Å². The lowest BCUT2D eigenvalue weighted by Gasteiger charge is -2.02. The molecule has 2 aromatic heterocycles. The number of rotatable bonds is 3. The second-order valence-electron chi connectivity index (χ2n) is 4.11. The first-order valence-electron chi connectivity index (χ1n) is 5.51. The number of anilines is 2. The molecule has 2 rings (SSSR count). The molecule has 1 amide bonds. The third kappa shape index (κ3) is 2.45. The number of nitrogen functional groups attached to an aromatic ring is 1. The van der Waals surface area contributed by atoms with Crippen molar-refractivity contribution in [2.45, 2.75) is 19.8 Å². The third-order valence-electron chi connectivity index (χ3n) is 2.40. The first-order valence-corrected chi connectivity index (χ1v) is 5.51. The van der Waals surface area contributed by atoms with Gasteiger partial charge in [-0.15, -0.1) is 0 Å². The molecule has 0 bridgehead atoms. The fourth-order valence-corrected chi connectivity index (χ4v) is 1.40. The predicted molar refractivity (Wildman–Crippen MR) is 67.1 cm³/mol. The van der Waals surface area contributed by atoms with E-state index in [1.807, 2.05) is 13.8 Å². The molecule has 0 aromatic carbocycles. The Balaban J connectivity index is 2.14. The Hall–Kier alpha value is -2.44. The standard InChI is InChI=1S/C11H14N6O/c1-6(2)7-5-8(17-16-7)15-11(18)9-10(12)14-4-3-13-9/h3-6H,1-2H3,(H2,12,14)(H2,15,16,17,18). The summed E-state index contributed by atoms with van der Waals surface area (Å²) in [6.45, 7) is 4.06. The molecule has 0 atom stereocenters. The van der Waals surface area contributed by atoms with Crippen LogP contribution in [0.15, 0.2) is 18.5 Å². The van der Waals surface area contributed by atoms with Gasteiger partial charge in [-0.05, 0) is 5.92 Å². The van der Waals surface area contributed by atoms with Crippen molar-refractivity contribution in [2.24, 2.45) is 0 Å². The molecular weight excluding hydrogens is 232 g/mol. The van der Waals surface area contributed by atoms with Crippen LogP contribution < -0.4 is 11.1 Å². The number of carbonyl (C=O) groups excluding carboxylic acids is 1. The summed E-state index contributed by atoms with van der Waals surface area (Å²) in [6.07, 6.45) is 2.84. The number of hydrogen-bond acceptors (Lipinski definition) is 5. The van der Waals surface area contributed by atoms with Crippen LogP contribution in [0.1, 0.15) is 35.9 Å². The lowest BCUT2D eigenvalue weighted by molar-refractivity contribution is 0.102. The molecule has 7 nitrogen and oxygen atoms in total. The van der Waals surface area contributed by atoms with Crippen LogP contribution in [0.5, 0.6) is 0 Å². The van der Waals surface area contributed by atoms with E-state index < -0.39 is 5.91 Å². The van der Waals surface area contributed by atoms with Crippen LogP contribution in [0.4, 0.5) is 11.6 Å². The first kappa shape index (κ1) is 12.0. The summed E-state index contributed by atoms with van der Waals surface area (Å²) in [7, 11) is 0. The number of aromatic nitrogens is 4. The highest BCUT2D eigenvalue weighted by Gasteiger charge is 2.14. The second kappa shape index (κ2) is 4.82. The molecule has 0 saturated heterocycles. The van der Waals surface area contributed by atoms with E-state index in [9.17, 15) is 4.79 Å². The minimum Gasteiger partial charge on any atom is -0.382 e. The zero-order valence-electron chi connectivity index (χ0n) is 10.1. The molecule has 0 fully saturated rings. The van der Waals surface area contributed by atoms with Crippen LogP contribution in [0.3, 0.4) is 0 Å². The zero-order chi connectivity index (χ0) is 13.1. The largest absolute Gasteiger partial charge is 0.382 e. The lowest BCUT2D eigenvalue weighted by Crippen LogP contribution is -2.16. The van der Waals surface area contributed by atoms with Crippen molar-refractivity contribution >= 4 is 17.5 Å². The number of nitrogens with two attached hydrogens (primary N) is 1. The highest BCUT2D eigenvalue weighted by molar-refractivity contribution is 6.05. The minimum absolute atomic E-state index is 0.0894. The maximum absolute atomic E-state index is 11.9. The van der Waals surface area contributed by atoms with Crippen LogP contribution in [0, 0.1) is 0 Å². The molecule has 2 aromatic rings. The topological polar surface area (TPSA) is 110 Å². The summed E-state index contributed by atoms with van der Waals surface area (Å²) in [6, 6.07) is 1.77. The quantitative estimate of drug-likeness (QED) is 0.752. The molecule has 2 heterocycles. The van der Waals surface area contributed by atoms with Gasteiger partial charge in [0.25, 0.3) is 5.91 Å². The minimum atomic E-state index is -0.428. The van der Waals surface area contributed by atoms with E-state index in [0.29, 0.717) is 11.7 Å². The fourth-order valence-electron chi connectivity index (χ4n) is 1.40. The van der Waals surface area contributed by atoms with Gasteiger partial charge in [-0.2, -0.15) is 5.10 Å². The summed E-state index contributed by atoms with van der Waals surface area (Å²) in [5, 5.41) is 9.44. The maximum atomic E-state index is 11.9. The third-order valence-corrected chi connectivity index (χ3v) is 2.40. The fraction of sp³-hybridized carbons (Fsp3) is 0.273. The molecule has 0 saturated carbocycles. The number of amides is 1. The number of carbonyl (C=O) groups is 1. The van der Waals surface area contributed by atoms with E-state index in [0.717, 1.165) is 5.69 Å². The smallest absolute Gasteiger partial charge is 0.279 e. The van der Waals surface area contributed by atoms with Crippen molar-refractivity contribution in [1.82, 2.24) is 20.2 Å². The van der Waals surface area contributed by atoms with Gasteiger partial charge in [-0.25, -0.2) is 9.97 Å². The number of H-pyrrole nitrogens is 1. The number of hydrogen-bond donors (Lipinski definition) is 3. The van der Waals surface area contributed by atoms with Crippen LogP contribution in [-0.4, -0.2) is 26.1 Å². The van der Waals surface area contributed by atoms with Crippen LogP contribution in [-0.2, 0) is 0 Å². The van der Waals surface area contributed by atoms with Gasteiger partial charge in [-0.1, -0.05) is 13.8 Å². The molecule has 4 N–H and O–H groups in total. The Labute approximate surface area is 104 Å². The molecule has 0 aliphatic carbocycles. The van der Waals surface area contributed by atoms with E-state index in [2.05, 4.69) is 25.5 Å². The highest BCUT2D eigenvalue weighted by Crippen LogP contribution is 2.15. The number of nitrogens with zero attached hydrogens (tertiary/aromatic N) is 3. The summed E-state index contributed by atoms with van der Waals surface area (Å²) in [5.74, 6) is 0.413. The second-order valence-corrected chi connectivity index (χ2v) is 4.11. The maximum Gasteiger partial charge on any atom is 0.279 e. The zero-order valence-corrected chi connectivity index (χ0v) is 10.1. The van der Waals surface area contributed by atoms with Crippen LogP contribution >= 0.6 is 0 Å². The molecule has 0 spiro atoms. The van der Waals surface area contributed by atoms with E-state index >= 15 is 0 Å². The van der Waals surface area contributed by atoms with E-state index in [-0.39, 0.29) is 11.5 Å². The van der Waals surface area contributed by atoms with Gasteiger partial charge >= 0.3 is 0 Å². The van der Waals surface area contributed by atoms with Gasteiger partial charge in [0, 0.05) is 24.2 Å². The first-order chi connectivity index (χ1) is 8.58. The van der Waals surface area contributed by atoms with Crippen molar-refractivity contribution in [3.8, 4) is 0 Å². The molecule has 0 radical (unpaired) electrons. The molecular formula is C11H14N6O. The van der Waals surface area contributed by atoms with E-state index in [1.54, 1.807) is 6.07 Å². The molecule has 0 aliphatic heterocycles. The number of nitrogens with one attached hydrogen (secondary N) is 2. The van der Waals surface area contributed by atoms with E-state index in [4.69, 9.17) is 5.73 Å². The van der Waals surface area contributed by atoms with Gasteiger partial charge in [0.05, 0.1) is 0 Å². The normalized spacial score (nSPS) is 10.6. The molecule has 0 unspecified atom stereocenters. The van der Waals surface area contributed by atoms with Gasteiger partial charge in [0.15, 0.2) is 17.3 Å². The summed E-state index contributed by atoms with van der Waals surface area (Å²) >= 11 is 0. The van der Waals surface area contributed by atoms with Gasteiger partial charge in [0.1, 0.15) is 0 Å². The monoisotopic (exact) mass is 246 g/mol. The number of aromatic amines is 1. The Morgan fingerprint density at radius 3 is 2.72 bits per heavy atom.